The Labute approximate surface area is 150 Å². The number of benzene rings is 1. The van der Waals surface area contributed by atoms with Crippen molar-refractivity contribution in [2.75, 3.05) is 19.1 Å². The highest BCUT2D eigenvalue weighted by atomic mass is 32.1. The van der Waals surface area contributed by atoms with Crippen LogP contribution in [-0.2, 0) is 0 Å². The highest BCUT2D eigenvalue weighted by molar-refractivity contribution is 7.07. The van der Waals surface area contributed by atoms with Crippen LogP contribution in [0.15, 0.2) is 57.8 Å². The van der Waals surface area contributed by atoms with Crippen molar-refractivity contribution >= 4 is 17.0 Å². The third-order valence-electron chi connectivity index (χ3n) is 3.67. The number of nitrogens with one attached hydrogen (secondary N) is 1. The van der Waals surface area contributed by atoms with Gasteiger partial charge >= 0.3 is 0 Å². The molecule has 0 aliphatic carbocycles. The molecule has 3 aromatic rings. The average Bonchev–Trinajstić information content (AvgIpc) is 3.22. The van der Waals surface area contributed by atoms with E-state index >= 15 is 0 Å². The van der Waals surface area contributed by atoms with E-state index in [2.05, 4.69) is 22.4 Å². The van der Waals surface area contributed by atoms with Crippen molar-refractivity contribution in [1.29, 1.82) is 0 Å². The van der Waals surface area contributed by atoms with Gasteiger partial charge in [0.25, 0.3) is 0 Å². The molecule has 3 rings (SSSR count). The van der Waals surface area contributed by atoms with E-state index < -0.39 is 0 Å². The van der Waals surface area contributed by atoms with Crippen molar-refractivity contribution < 1.29 is 9.15 Å². The van der Waals surface area contributed by atoms with Gasteiger partial charge in [0.05, 0.1) is 18.5 Å². The maximum absolute atomic E-state index is 5.65. The molecular formula is C19H21N3O2S. The van der Waals surface area contributed by atoms with Crippen LogP contribution < -0.4 is 15.0 Å². The first-order chi connectivity index (χ1) is 12.1. The van der Waals surface area contributed by atoms with E-state index in [4.69, 9.17) is 9.15 Å². The quantitative estimate of drug-likeness (QED) is 0.719. The smallest absolute Gasteiger partial charge is 0.204 e. The van der Waals surface area contributed by atoms with Crippen molar-refractivity contribution in [3.63, 3.8) is 0 Å². The van der Waals surface area contributed by atoms with Crippen LogP contribution in [0.25, 0.3) is 17.0 Å². The average molecular weight is 355 g/mol. The lowest BCUT2D eigenvalue weighted by Gasteiger charge is -2.13. The van der Waals surface area contributed by atoms with Gasteiger partial charge in [0.1, 0.15) is 11.5 Å². The van der Waals surface area contributed by atoms with E-state index in [1.807, 2.05) is 54.9 Å². The minimum absolute atomic E-state index is 0.679. The van der Waals surface area contributed by atoms with Crippen molar-refractivity contribution in [2.45, 2.75) is 13.8 Å². The fourth-order valence-corrected chi connectivity index (χ4v) is 3.33. The highest BCUT2D eigenvalue weighted by Crippen LogP contribution is 2.23. The molecule has 5 nitrogen and oxygen atoms in total. The number of ether oxygens (including phenoxy) is 1. The zero-order valence-electron chi connectivity index (χ0n) is 14.6. The predicted molar refractivity (Wildman–Crippen MR) is 102 cm³/mol. The predicted octanol–water partition coefficient (Wildman–Crippen LogP) is 4.26. The summed E-state index contributed by atoms with van der Waals surface area (Å²) in [6, 6.07) is 11.8. The molecule has 0 saturated carbocycles. The summed E-state index contributed by atoms with van der Waals surface area (Å²) in [6.45, 7) is 8.73. The number of nitrogens with zero attached hydrogens (tertiary/aromatic N) is 2. The van der Waals surface area contributed by atoms with E-state index in [0.717, 1.165) is 27.6 Å². The molecule has 0 amide bonds. The molecule has 0 unspecified atom stereocenters. The fourth-order valence-electron chi connectivity index (χ4n) is 2.41. The normalized spacial score (nSPS) is 11.6. The van der Waals surface area contributed by atoms with E-state index in [1.165, 1.54) is 0 Å². The third-order valence-corrected chi connectivity index (χ3v) is 4.54. The number of aromatic nitrogens is 1. The summed E-state index contributed by atoms with van der Waals surface area (Å²) < 4.78 is 12.8. The Balaban J connectivity index is 1.99. The van der Waals surface area contributed by atoms with Crippen molar-refractivity contribution in [3.05, 3.63) is 64.7 Å². The minimum atomic E-state index is 0.679. The Morgan fingerprint density at radius 3 is 2.64 bits per heavy atom. The SMILES string of the molecule is C=C(Nn1c(-c2ccc(OC)cc2)csc1=NCC)c1ccc(C)o1. The van der Waals surface area contributed by atoms with Gasteiger partial charge in [-0.2, -0.15) is 0 Å². The molecule has 1 aromatic carbocycles. The number of hydrogen-bond acceptors (Lipinski definition) is 5. The van der Waals surface area contributed by atoms with Crippen LogP contribution in [0.2, 0.25) is 0 Å². The molecule has 0 radical (unpaired) electrons. The van der Waals surface area contributed by atoms with Crippen LogP contribution in [0.4, 0.5) is 0 Å². The lowest BCUT2D eigenvalue weighted by atomic mass is 10.2. The molecule has 0 fully saturated rings. The monoisotopic (exact) mass is 355 g/mol. The molecule has 0 aliphatic heterocycles. The molecule has 0 saturated heterocycles. The van der Waals surface area contributed by atoms with Crippen molar-refractivity contribution in [2.24, 2.45) is 4.99 Å². The molecule has 0 atom stereocenters. The van der Waals surface area contributed by atoms with Gasteiger partial charge in [-0.3, -0.25) is 10.4 Å². The van der Waals surface area contributed by atoms with Gasteiger partial charge in [0.2, 0.25) is 4.80 Å². The Hall–Kier alpha value is -2.73. The molecule has 1 N–H and O–H groups in total. The maximum Gasteiger partial charge on any atom is 0.204 e. The second-order valence-electron chi connectivity index (χ2n) is 5.44. The Morgan fingerprint density at radius 2 is 2.04 bits per heavy atom. The van der Waals surface area contributed by atoms with Gasteiger partial charge in [0, 0.05) is 17.5 Å². The molecule has 0 spiro atoms. The molecule has 2 heterocycles. The van der Waals surface area contributed by atoms with Crippen LogP contribution >= 0.6 is 11.3 Å². The van der Waals surface area contributed by atoms with Crippen LogP contribution in [0.3, 0.4) is 0 Å². The van der Waals surface area contributed by atoms with Gasteiger partial charge in [-0.25, -0.2) is 4.68 Å². The number of furan rings is 1. The lowest BCUT2D eigenvalue weighted by molar-refractivity contribution is 0.415. The van der Waals surface area contributed by atoms with Gasteiger partial charge in [-0.1, -0.05) is 6.58 Å². The Morgan fingerprint density at radius 1 is 1.28 bits per heavy atom. The van der Waals surface area contributed by atoms with E-state index in [0.29, 0.717) is 18.0 Å². The summed E-state index contributed by atoms with van der Waals surface area (Å²) in [5, 5.41) is 2.07. The summed E-state index contributed by atoms with van der Waals surface area (Å²) in [7, 11) is 1.66. The summed E-state index contributed by atoms with van der Waals surface area (Å²) in [5.74, 6) is 2.38. The molecule has 0 bridgehead atoms. The number of hydrogen-bond donors (Lipinski definition) is 1. The van der Waals surface area contributed by atoms with E-state index in [9.17, 15) is 0 Å². The number of methoxy groups -OCH3 is 1. The maximum atomic E-state index is 5.65. The minimum Gasteiger partial charge on any atom is -0.497 e. The van der Waals surface area contributed by atoms with Gasteiger partial charge in [-0.15, -0.1) is 11.3 Å². The van der Waals surface area contributed by atoms with Crippen LogP contribution in [0, 0.1) is 6.92 Å². The first kappa shape index (κ1) is 17.1. The molecule has 25 heavy (non-hydrogen) atoms. The molecule has 2 aromatic heterocycles. The summed E-state index contributed by atoms with van der Waals surface area (Å²) >= 11 is 1.58. The van der Waals surface area contributed by atoms with Crippen LogP contribution in [0.5, 0.6) is 5.75 Å². The van der Waals surface area contributed by atoms with E-state index in [-0.39, 0.29) is 0 Å². The Bertz CT molecular complexity index is 932. The Kier molecular flexibility index (Phi) is 5.09. The van der Waals surface area contributed by atoms with E-state index in [1.54, 1.807) is 18.4 Å². The van der Waals surface area contributed by atoms with Crippen molar-refractivity contribution in [3.8, 4) is 17.0 Å². The molecule has 130 valence electrons. The molecule has 0 aliphatic rings. The molecular weight excluding hydrogens is 334 g/mol. The number of aryl methyl sites for hydroxylation is 1. The largest absolute Gasteiger partial charge is 0.497 e. The first-order valence-electron chi connectivity index (χ1n) is 8.00. The van der Waals surface area contributed by atoms with Gasteiger partial charge in [-0.05, 0) is 50.2 Å². The first-order valence-corrected chi connectivity index (χ1v) is 8.88. The second kappa shape index (κ2) is 7.44. The fraction of sp³-hybridized carbons (Fsp3) is 0.211. The summed E-state index contributed by atoms with van der Waals surface area (Å²) in [4.78, 5) is 5.43. The third kappa shape index (κ3) is 3.69. The topological polar surface area (TPSA) is 51.7 Å². The van der Waals surface area contributed by atoms with Gasteiger partial charge < -0.3 is 9.15 Å². The highest BCUT2D eigenvalue weighted by Gasteiger charge is 2.11. The van der Waals surface area contributed by atoms with Crippen molar-refractivity contribution in [1.82, 2.24) is 4.68 Å². The zero-order chi connectivity index (χ0) is 17.8. The zero-order valence-corrected chi connectivity index (χ0v) is 15.4. The summed E-state index contributed by atoms with van der Waals surface area (Å²) in [5.41, 5.74) is 6.06. The lowest BCUT2D eigenvalue weighted by Crippen LogP contribution is -2.25. The van der Waals surface area contributed by atoms with Crippen LogP contribution in [0.1, 0.15) is 18.4 Å². The molecule has 6 heteroatoms. The number of rotatable bonds is 6. The van der Waals surface area contributed by atoms with Crippen LogP contribution in [-0.4, -0.2) is 18.3 Å². The standard InChI is InChI=1S/C19H21N3O2S/c1-5-20-19-22(21-14(3)18-11-6-13(2)24-18)17(12-25-19)15-7-9-16(23-4)10-8-15/h6-12,21H,3,5H2,1-2,4H3. The summed E-state index contributed by atoms with van der Waals surface area (Å²) in [6.07, 6.45) is 0. The van der Waals surface area contributed by atoms with Gasteiger partial charge in [0.15, 0.2) is 5.76 Å². The number of thiazole rings is 1. The second-order valence-corrected chi connectivity index (χ2v) is 6.28.